The number of carbonyl (C=O) groups excluding carboxylic acids is 1. The molecule has 172 valence electrons. The molecule has 2 aliphatic rings. The van der Waals surface area contributed by atoms with Crippen molar-refractivity contribution in [3.63, 3.8) is 0 Å². The summed E-state index contributed by atoms with van der Waals surface area (Å²) in [6.45, 7) is 2.58. The molecular weight excluding hydrogens is 459 g/mol. The van der Waals surface area contributed by atoms with Crippen LogP contribution in [0.1, 0.15) is 18.4 Å². The van der Waals surface area contributed by atoms with Crippen molar-refractivity contribution in [3.05, 3.63) is 58.9 Å². The molecular formula is C22H24ClFN2O5S. The average Bonchev–Trinajstić information content (AvgIpc) is 3.19. The molecule has 0 saturated carbocycles. The van der Waals surface area contributed by atoms with Crippen molar-refractivity contribution in [1.82, 2.24) is 9.21 Å². The van der Waals surface area contributed by atoms with Crippen LogP contribution in [0.3, 0.4) is 0 Å². The smallest absolute Gasteiger partial charge is 0.260 e. The van der Waals surface area contributed by atoms with Gasteiger partial charge in [0.1, 0.15) is 17.3 Å². The molecule has 0 unspecified atom stereocenters. The summed E-state index contributed by atoms with van der Waals surface area (Å²) >= 11 is 5.85. The van der Waals surface area contributed by atoms with Crippen LogP contribution < -0.4 is 4.74 Å². The fraction of sp³-hybridized carbons (Fsp3) is 0.409. The quantitative estimate of drug-likeness (QED) is 0.654. The maximum absolute atomic E-state index is 13.6. The van der Waals surface area contributed by atoms with E-state index in [9.17, 15) is 17.6 Å². The van der Waals surface area contributed by atoms with Gasteiger partial charge in [0, 0.05) is 37.5 Å². The zero-order valence-corrected chi connectivity index (χ0v) is 19.2. The number of nitrogens with zero attached hydrogens (tertiary/aromatic N) is 2. The first-order valence-electron chi connectivity index (χ1n) is 10.3. The largest absolute Gasteiger partial charge is 0.484 e. The number of benzene rings is 2. The van der Waals surface area contributed by atoms with Gasteiger partial charge in [0.25, 0.3) is 5.91 Å². The molecule has 0 radical (unpaired) electrons. The lowest BCUT2D eigenvalue weighted by Crippen LogP contribution is -2.56. The second-order valence-corrected chi connectivity index (χ2v) is 10.2. The number of piperidine rings is 1. The van der Waals surface area contributed by atoms with Crippen molar-refractivity contribution in [3.8, 4) is 5.75 Å². The van der Waals surface area contributed by atoms with Gasteiger partial charge < -0.3 is 14.4 Å². The maximum atomic E-state index is 13.6. The van der Waals surface area contributed by atoms with Gasteiger partial charge in [-0.25, -0.2) is 12.8 Å². The molecule has 0 atom stereocenters. The second kappa shape index (κ2) is 8.97. The van der Waals surface area contributed by atoms with Crippen LogP contribution in [0.4, 0.5) is 4.39 Å². The first kappa shape index (κ1) is 23.0. The summed E-state index contributed by atoms with van der Waals surface area (Å²) < 4.78 is 53.0. The zero-order chi connectivity index (χ0) is 22.9. The summed E-state index contributed by atoms with van der Waals surface area (Å²) in [5, 5.41) is 0.580. The average molecular weight is 483 g/mol. The van der Waals surface area contributed by atoms with Crippen LogP contribution in [-0.2, 0) is 19.6 Å². The zero-order valence-electron chi connectivity index (χ0n) is 17.6. The van der Waals surface area contributed by atoms with E-state index >= 15 is 0 Å². The van der Waals surface area contributed by atoms with Crippen molar-refractivity contribution >= 4 is 27.5 Å². The topological polar surface area (TPSA) is 76.2 Å². The van der Waals surface area contributed by atoms with Crippen LogP contribution in [0, 0.1) is 12.7 Å². The second-order valence-electron chi connectivity index (χ2n) is 7.91. The van der Waals surface area contributed by atoms with Crippen molar-refractivity contribution in [2.45, 2.75) is 30.4 Å². The summed E-state index contributed by atoms with van der Waals surface area (Å²) in [7, 11) is -3.87. The third-order valence-electron chi connectivity index (χ3n) is 5.91. The van der Waals surface area contributed by atoms with E-state index in [0.29, 0.717) is 36.7 Å². The van der Waals surface area contributed by atoms with Crippen LogP contribution in [0.5, 0.6) is 5.75 Å². The number of carbonyl (C=O) groups is 1. The van der Waals surface area contributed by atoms with Gasteiger partial charge >= 0.3 is 0 Å². The molecule has 0 aliphatic carbocycles. The Morgan fingerprint density at radius 1 is 1.16 bits per heavy atom. The van der Waals surface area contributed by atoms with Crippen molar-refractivity contribution < 1.29 is 27.1 Å². The minimum Gasteiger partial charge on any atom is -0.484 e. The molecule has 10 heteroatoms. The molecule has 2 saturated heterocycles. The van der Waals surface area contributed by atoms with E-state index in [0.717, 1.165) is 6.07 Å². The number of aryl methyl sites for hydroxylation is 1. The Morgan fingerprint density at radius 2 is 1.84 bits per heavy atom. The van der Waals surface area contributed by atoms with E-state index < -0.39 is 21.6 Å². The number of hydrogen-bond donors (Lipinski definition) is 0. The lowest BCUT2D eigenvalue weighted by molar-refractivity contribution is -0.142. The van der Waals surface area contributed by atoms with Crippen LogP contribution in [0.15, 0.2) is 47.4 Å². The summed E-state index contributed by atoms with van der Waals surface area (Å²) in [6, 6.07) is 10.5. The molecule has 1 amide bonds. The third kappa shape index (κ3) is 4.47. The molecule has 4 rings (SSSR count). The lowest BCUT2D eigenvalue weighted by atomic mass is 10.0. The fourth-order valence-electron chi connectivity index (χ4n) is 4.10. The third-order valence-corrected chi connectivity index (χ3v) is 8.11. The first-order chi connectivity index (χ1) is 15.2. The van der Waals surface area contributed by atoms with Gasteiger partial charge in [0.05, 0.1) is 11.5 Å². The van der Waals surface area contributed by atoms with Crippen LogP contribution in [0.25, 0.3) is 0 Å². The number of ether oxygens (including phenoxy) is 2. The standard InChI is InChI=1S/C22H24ClFN2O5S/c1-16-14-19(6-7-20(16)24)32(28,29)26-12-13-31-22(26)8-10-25(11-9-22)21(27)15-30-18-4-2-17(23)3-5-18/h2-7,14H,8-13,15H2,1H3. The molecule has 2 fully saturated rings. The highest BCUT2D eigenvalue weighted by atomic mass is 35.5. The highest BCUT2D eigenvalue weighted by Gasteiger charge is 2.51. The molecule has 2 aromatic carbocycles. The Balaban J connectivity index is 1.41. The predicted octanol–water partition coefficient (Wildman–Crippen LogP) is 3.21. The van der Waals surface area contributed by atoms with Crippen LogP contribution in [0.2, 0.25) is 5.02 Å². The Hall–Kier alpha value is -2.20. The van der Waals surface area contributed by atoms with Gasteiger partial charge in [0.15, 0.2) is 6.61 Å². The Kier molecular flexibility index (Phi) is 6.44. The van der Waals surface area contributed by atoms with E-state index in [1.807, 2.05) is 0 Å². The molecule has 1 spiro atoms. The van der Waals surface area contributed by atoms with Gasteiger partial charge in [-0.05, 0) is 55.0 Å². The maximum Gasteiger partial charge on any atom is 0.260 e. The molecule has 32 heavy (non-hydrogen) atoms. The van der Waals surface area contributed by atoms with Gasteiger partial charge in [-0.3, -0.25) is 4.79 Å². The molecule has 0 bridgehead atoms. The molecule has 0 aromatic heterocycles. The summed E-state index contributed by atoms with van der Waals surface area (Å²) in [5.41, 5.74) is -0.740. The Morgan fingerprint density at radius 3 is 2.50 bits per heavy atom. The number of halogens is 2. The molecule has 2 aromatic rings. The summed E-state index contributed by atoms with van der Waals surface area (Å²) in [6.07, 6.45) is 0.693. The van der Waals surface area contributed by atoms with E-state index in [1.54, 1.807) is 29.2 Å². The molecule has 2 heterocycles. The van der Waals surface area contributed by atoms with Gasteiger partial charge in [-0.2, -0.15) is 4.31 Å². The Bertz CT molecular complexity index is 1100. The normalized spacial score (nSPS) is 18.8. The molecule has 7 nitrogen and oxygen atoms in total. The SMILES string of the molecule is Cc1cc(S(=O)(=O)N2CCOC23CCN(C(=O)COc2ccc(Cl)cc2)CC3)ccc1F. The Labute approximate surface area is 191 Å². The minimum absolute atomic E-state index is 0.0381. The van der Waals surface area contributed by atoms with Crippen molar-refractivity contribution in [1.29, 1.82) is 0 Å². The first-order valence-corrected chi connectivity index (χ1v) is 12.1. The molecule has 2 aliphatic heterocycles. The van der Waals surface area contributed by atoms with Gasteiger partial charge in [-0.1, -0.05) is 11.6 Å². The van der Waals surface area contributed by atoms with Crippen LogP contribution >= 0.6 is 11.6 Å². The highest BCUT2D eigenvalue weighted by molar-refractivity contribution is 7.89. The number of sulfonamides is 1. The minimum atomic E-state index is -3.87. The monoisotopic (exact) mass is 482 g/mol. The van der Waals surface area contributed by atoms with Crippen LogP contribution in [-0.4, -0.2) is 62.1 Å². The highest BCUT2D eigenvalue weighted by Crippen LogP contribution is 2.38. The van der Waals surface area contributed by atoms with Crippen molar-refractivity contribution in [2.24, 2.45) is 0 Å². The summed E-state index contributed by atoms with van der Waals surface area (Å²) in [5.74, 6) is -0.0949. The van der Waals surface area contributed by atoms with Crippen molar-refractivity contribution in [2.75, 3.05) is 32.8 Å². The van der Waals surface area contributed by atoms with E-state index in [-0.39, 0.29) is 36.1 Å². The fourth-order valence-corrected chi connectivity index (χ4v) is 6.04. The van der Waals surface area contributed by atoms with E-state index in [2.05, 4.69) is 0 Å². The number of amides is 1. The van der Waals surface area contributed by atoms with Gasteiger partial charge in [-0.15, -0.1) is 0 Å². The number of likely N-dealkylation sites (tertiary alicyclic amines) is 1. The summed E-state index contributed by atoms with van der Waals surface area (Å²) in [4.78, 5) is 14.3. The molecule has 0 N–H and O–H groups in total. The van der Waals surface area contributed by atoms with E-state index in [4.69, 9.17) is 21.1 Å². The number of hydrogen-bond acceptors (Lipinski definition) is 5. The lowest BCUT2D eigenvalue weighted by Gasteiger charge is -2.42. The number of rotatable bonds is 5. The van der Waals surface area contributed by atoms with Gasteiger partial charge in [0.2, 0.25) is 10.0 Å². The predicted molar refractivity (Wildman–Crippen MR) is 116 cm³/mol. The van der Waals surface area contributed by atoms with E-state index in [1.165, 1.54) is 23.4 Å².